The van der Waals surface area contributed by atoms with Crippen molar-refractivity contribution in [2.24, 2.45) is 0 Å². The fourth-order valence-electron chi connectivity index (χ4n) is 2.29. The molecule has 2 N–H and O–H groups in total. The molecule has 0 aliphatic heterocycles. The van der Waals surface area contributed by atoms with Gasteiger partial charge in [0.15, 0.2) is 0 Å². The Morgan fingerprint density at radius 2 is 1.73 bits per heavy atom. The van der Waals surface area contributed by atoms with Crippen molar-refractivity contribution in [3.05, 3.63) is 66.0 Å². The first kappa shape index (κ1) is 20.0. The van der Waals surface area contributed by atoms with E-state index in [1.54, 1.807) is 24.3 Å². The number of halogens is 1. The van der Waals surface area contributed by atoms with Crippen LogP contribution in [0.2, 0.25) is 0 Å². The highest BCUT2D eigenvalue weighted by Gasteiger charge is 2.26. The summed E-state index contributed by atoms with van der Waals surface area (Å²) in [5.74, 6) is -1.01. The van der Waals surface area contributed by atoms with Crippen molar-refractivity contribution in [3.8, 4) is 0 Å². The third-order valence-corrected chi connectivity index (χ3v) is 5.44. The number of hydrogen-bond donors (Lipinski definition) is 2. The lowest BCUT2D eigenvalue weighted by Gasteiger charge is -2.22. The largest absolute Gasteiger partial charge is 0.396 e. The van der Waals surface area contributed by atoms with Gasteiger partial charge in [-0.05, 0) is 36.2 Å². The maximum absolute atomic E-state index is 13.1. The Hall–Kier alpha value is -2.29. The standard InChI is InChI=1S/C18H21FN2O4S/c19-16-7-9-17(10-8-16)26(24,25)21(13-15-5-2-1-3-6-15)14-18(23)20-11-4-12-22/h1-3,5-10,22H,4,11-14H2,(H,20,23). The van der Waals surface area contributed by atoms with Crippen LogP contribution in [0.15, 0.2) is 59.5 Å². The molecular weight excluding hydrogens is 359 g/mol. The second kappa shape index (κ2) is 9.42. The van der Waals surface area contributed by atoms with Gasteiger partial charge in [0, 0.05) is 19.7 Å². The Labute approximate surface area is 152 Å². The van der Waals surface area contributed by atoms with E-state index in [1.807, 2.05) is 6.07 Å². The van der Waals surface area contributed by atoms with E-state index in [1.165, 1.54) is 12.1 Å². The lowest BCUT2D eigenvalue weighted by atomic mass is 10.2. The fraction of sp³-hybridized carbons (Fsp3) is 0.278. The summed E-state index contributed by atoms with van der Waals surface area (Å²) in [6.45, 7) is -0.180. The molecule has 0 aliphatic rings. The maximum atomic E-state index is 13.1. The molecule has 0 saturated heterocycles. The zero-order valence-electron chi connectivity index (χ0n) is 14.1. The average molecular weight is 380 g/mol. The summed E-state index contributed by atoms with van der Waals surface area (Å²) in [5, 5.41) is 11.3. The zero-order chi connectivity index (χ0) is 19.0. The van der Waals surface area contributed by atoms with E-state index in [2.05, 4.69) is 5.32 Å². The normalized spacial score (nSPS) is 11.5. The predicted molar refractivity (Wildman–Crippen MR) is 95.2 cm³/mol. The molecule has 0 unspecified atom stereocenters. The van der Waals surface area contributed by atoms with Gasteiger partial charge in [0.05, 0.1) is 11.4 Å². The number of carbonyl (C=O) groups excluding carboxylic acids is 1. The first-order chi connectivity index (χ1) is 12.4. The smallest absolute Gasteiger partial charge is 0.243 e. The minimum Gasteiger partial charge on any atom is -0.396 e. The molecule has 6 nitrogen and oxygen atoms in total. The fourth-order valence-corrected chi connectivity index (χ4v) is 3.68. The second-order valence-corrected chi connectivity index (χ2v) is 7.58. The van der Waals surface area contributed by atoms with Crippen molar-refractivity contribution >= 4 is 15.9 Å². The Bertz CT molecular complexity index is 811. The van der Waals surface area contributed by atoms with E-state index >= 15 is 0 Å². The molecule has 0 fully saturated rings. The monoisotopic (exact) mass is 380 g/mol. The highest BCUT2D eigenvalue weighted by Crippen LogP contribution is 2.18. The molecule has 0 aromatic heterocycles. The Morgan fingerprint density at radius 1 is 1.08 bits per heavy atom. The number of nitrogens with zero attached hydrogens (tertiary/aromatic N) is 1. The van der Waals surface area contributed by atoms with Crippen LogP contribution in [-0.2, 0) is 21.4 Å². The second-order valence-electron chi connectivity index (χ2n) is 5.64. The van der Waals surface area contributed by atoms with Crippen molar-refractivity contribution in [1.82, 2.24) is 9.62 Å². The molecule has 1 amide bonds. The topological polar surface area (TPSA) is 86.7 Å². The first-order valence-corrected chi connectivity index (χ1v) is 9.54. The molecule has 8 heteroatoms. The van der Waals surface area contributed by atoms with Crippen molar-refractivity contribution in [2.75, 3.05) is 19.7 Å². The predicted octanol–water partition coefficient (Wildman–Crippen LogP) is 1.52. The summed E-state index contributed by atoms with van der Waals surface area (Å²) in [7, 11) is -3.99. The molecule has 26 heavy (non-hydrogen) atoms. The molecule has 0 aliphatic carbocycles. The minimum atomic E-state index is -3.99. The summed E-state index contributed by atoms with van der Waals surface area (Å²) >= 11 is 0. The third kappa shape index (κ3) is 5.62. The van der Waals surface area contributed by atoms with Crippen LogP contribution in [0.25, 0.3) is 0 Å². The maximum Gasteiger partial charge on any atom is 0.243 e. The molecule has 2 aromatic carbocycles. The highest BCUT2D eigenvalue weighted by atomic mass is 32.2. The first-order valence-electron chi connectivity index (χ1n) is 8.10. The van der Waals surface area contributed by atoms with Crippen LogP contribution in [0.1, 0.15) is 12.0 Å². The zero-order valence-corrected chi connectivity index (χ0v) is 15.0. The van der Waals surface area contributed by atoms with Crippen LogP contribution in [0.4, 0.5) is 4.39 Å². The summed E-state index contributed by atoms with van der Waals surface area (Å²) in [5.41, 5.74) is 0.723. The van der Waals surface area contributed by atoms with Crippen molar-refractivity contribution < 1.29 is 22.7 Å². The van der Waals surface area contributed by atoms with E-state index < -0.39 is 21.7 Å². The van der Waals surface area contributed by atoms with Gasteiger partial charge >= 0.3 is 0 Å². The molecule has 0 radical (unpaired) electrons. The lowest BCUT2D eigenvalue weighted by molar-refractivity contribution is -0.121. The van der Waals surface area contributed by atoms with Gasteiger partial charge in [-0.25, -0.2) is 12.8 Å². The summed E-state index contributed by atoms with van der Waals surface area (Å²) in [6.07, 6.45) is 0.384. The number of aliphatic hydroxyl groups excluding tert-OH is 1. The van der Waals surface area contributed by atoms with E-state index in [4.69, 9.17) is 5.11 Å². The van der Waals surface area contributed by atoms with E-state index in [9.17, 15) is 17.6 Å². The molecule has 140 valence electrons. The molecule has 0 heterocycles. The number of carbonyl (C=O) groups is 1. The van der Waals surface area contributed by atoms with Crippen LogP contribution in [0.5, 0.6) is 0 Å². The number of nitrogens with one attached hydrogen (secondary N) is 1. The minimum absolute atomic E-state index is 0.00791. The van der Waals surface area contributed by atoms with Gasteiger partial charge in [0.1, 0.15) is 5.82 Å². The van der Waals surface area contributed by atoms with Gasteiger partial charge in [0.2, 0.25) is 15.9 Å². The molecule has 0 atom stereocenters. The van der Waals surface area contributed by atoms with Gasteiger partial charge in [-0.1, -0.05) is 30.3 Å². The van der Waals surface area contributed by atoms with Crippen LogP contribution >= 0.6 is 0 Å². The number of sulfonamides is 1. The Kier molecular flexibility index (Phi) is 7.26. The van der Waals surface area contributed by atoms with Gasteiger partial charge in [-0.2, -0.15) is 4.31 Å². The Balaban J connectivity index is 2.23. The van der Waals surface area contributed by atoms with Gasteiger partial charge in [-0.15, -0.1) is 0 Å². The molecular formula is C18H21FN2O4S. The number of hydrogen-bond acceptors (Lipinski definition) is 4. The highest BCUT2D eigenvalue weighted by molar-refractivity contribution is 7.89. The number of rotatable bonds is 9. The summed E-state index contributed by atoms with van der Waals surface area (Å²) in [4.78, 5) is 12.0. The van der Waals surface area contributed by atoms with Gasteiger partial charge in [-0.3, -0.25) is 4.79 Å². The molecule has 0 saturated carbocycles. The quantitative estimate of drug-likeness (QED) is 0.646. The van der Waals surface area contributed by atoms with Gasteiger partial charge in [0.25, 0.3) is 0 Å². The van der Waals surface area contributed by atoms with E-state index in [0.717, 1.165) is 22.0 Å². The van der Waals surface area contributed by atoms with Crippen LogP contribution in [-0.4, -0.2) is 43.4 Å². The van der Waals surface area contributed by atoms with Crippen LogP contribution in [0.3, 0.4) is 0 Å². The number of amides is 1. The van der Waals surface area contributed by atoms with E-state index in [-0.39, 0.29) is 31.1 Å². The van der Waals surface area contributed by atoms with Crippen molar-refractivity contribution in [3.63, 3.8) is 0 Å². The van der Waals surface area contributed by atoms with Crippen LogP contribution in [0, 0.1) is 5.82 Å². The van der Waals surface area contributed by atoms with Gasteiger partial charge < -0.3 is 10.4 Å². The number of aliphatic hydroxyl groups is 1. The van der Waals surface area contributed by atoms with E-state index in [0.29, 0.717) is 6.42 Å². The molecule has 0 spiro atoms. The van der Waals surface area contributed by atoms with Crippen LogP contribution < -0.4 is 5.32 Å². The van der Waals surface area contributed by atoms with Crippen molar-refractivity contribution in [2.45, 2.75) is 17.9 Å². The SMILES string of the molecule is O=C(CN(Cc1ccccc1)S(=O)(=O)c1ccc(F)cc1)NCCCO. The van der Waals surface area contributed by atoms with Crippen molar-refractivity contribution in [1.29, 1.82) is 0 Å². The summed E-state index contributed by atoms with van der Waals surface area (Å²) < 4.78 is 40.0. The molecule has 2 rings (SSSR count). The third-order valence-electron chi connectivity index (χ3n) is 3.63. The lowest BCUT2D eigenvalue weighted by Crippen LogP contribution is -2.40. The molecule has 2 aromatic rings. The molecule has 0 bridgehead atoms. The average Bonchev–Trinajstić information content (AvgIpc) is 2.62. The summed E-state index contributed by atoms with van der Waals surface area (Å²) in [6, 6.07) is 13.4. The Morgan fingerprint density at radius 3 is 2.35 bits per heavy atom. The number of benzene rings is 2.